The fraction of sp³-hybridized carbons (Fsp3) is 0.565. The predicted molar refractivity (Wildman–Crippen MR) is 122 cm³/mol. The molecular weight excluding hydrogens is 404 g/mol. The van der Waals surface area contributed by atoms with Crippen LogP contribution in [0.5, 0.6) is 0 Å². The molecule has 0 atom stereocenters. The molecule has 0 radical (unpaired) electrons. The number of hydrogen-bond donors (Lipinski definition) is 0. The zero-order chi connectivity index (χ0) is 22.1. The maximum atomic E-state index is 12.3. The van der Waals surface area contributed by atoms with E-state index in [0.717, 1.165) is 63.6 Å². The molecule has 0 aliphatic carbocycles. The highest BCUT2D eigenvalue weighted by molar-refractivity contribution is 5.24. The number of fused-ring (bicyclic) bond motifs is 1. The first kappa shape index (κ1) is 21.1. The molecule has 1 fully saturated rings. The third kappa shape index (κ3) is 4.40. The van der Waals surface area contributed by atoms with E-state index in [4.69, 9.17) is 0 Å². The van der Waals surface area contributed by atoms with Crippen molar-refractivity contribution in [2.24, 2.45) is 0 Å². The molecule has 2 aliphatic heterocycles. The third-order valence-corrected chi connectivity index (χ3v) is 6.63. The van der Waals surface area contributed by atoms with Crippen molar-refractivity contribution >= 4 is 0 Å². The van der Waals surface area contributed by atoms with Gasteiger partial charge in [0.1, 0.15) is 0 Å². The van der Waals surface area contributed by atoms with Gasteiger partial charge in [-0.3, -0.25) is 19.3 Å². The van der Waals surface area contributed by atoms with Gasteiger partial charge in [-0.15, -0.1) is 5.10 Å². The third-order valence-electron chi connectivity index (χ3n) is 6.63. The lowest BCUT2D eigenvalue weighted by molar-refractivity contribution is 0.122. The Balaban J connectivity index is 1.16. The Hall–Kier alpha value is -2.78. The zero-order valence-electron chi connectivity index (χ0n) is 19.1. The van der Waals surface area contributed by atoms with Gasteiger partial charge in [-0.05, 0) is 45.2 Å². The van der Waals surface area contributed by atoms with Gasteiger partial charge in [-0.25, -0.2) is 9.36 Å². The van der Waals surface area contributed by atoms with Gasteiger partial charge in [0, 0.05) is 68.8 Å². The fourth-order valence-corrected chi connectivity index (χ4v) is 4.84. The molecule has 3 aromatic rings. The van der Waals surface area contributed by atoms with Crippen LogP contribution in [0.1, 0.15) is 35.5 Å². The lowest BCUT2D eigenvalue weighted by atomic mass is 10.1. The Labute approximate surface area is 188 Å². The molecule has 170 valence electrons. The minimum Gasteiger partial charge on any atom is -0.299 e. The lowest BCUT2D eigenvalue weighted by Crippen LogP contribution is -2.47. The molecule has 0 saturated carbocycles. The molecule has 9 nitrogen and oxygen atoms in total. The van der Waals surface area contributed by atoms with E-state index in [-0.39, 0.29) is 5.56 Å². The number of piperazine rings is 1. The second-order valence-corrected chi connectivity index (χ2v) is 9.01. The molecule has 0 N–H and O–H groups in total. The van der Waals surface area contributed by atoms with Crippen LogP contribution in [0.4, 0.5) is 0 Å². The van der Waals surface area contributed by atoms with Crippen LogP contribution in [-0.4, -0.2) is 71.9 Å². The maximum Gasteiger partial charge on any atom is 0.266 e. The molecule has 0 bridgehead atoms. The van der Waals surface area contributed by atoms with Crippen molar-refractivity contribution in [3.8, 4) is 5.82 Å². The summed E-state index contributed by atoms with van der Waals surface area (Å²) in [5.74, 6) is 0.685. The molecule has 0 aromatic carbocycles. The number of nitrogens with zero attached hydrogens (tertiary/aromatic N) is 8. The van der Waals surface area contributed by atoms with Crippen molar-refractivity contribution in [3.63, 3.8) is 0 Å². The van der Waals surface area contributed by atoms with Gasteiger partial charge >= 0.3 is 0 Å². The Morgan fingerprint density at radius 1 is 0.938 bits per heavy atom. The van der Waals surface area contributed by atoms with Crippen LogP contribution in [-0.2, 0) is 26.1 Å². The van der Waals surface area contributed by atoms with E-state index in [1.807, 2.05) is 19.9 Å². The van der Waals surface area contributed by atoms with Crippen molar-refractivity contribution < 1.29 is 0 Å². The van der Waals surface area contributed by atoms with E-state index in [0.29, 0.717) is 12.4 Å². The van der Waals surface area contributed by atoms with Gasteiger partial charge < -0.3 is 0 Å². The van der Waals surface area contributed by atoms with Gasteiger partial charge in [0.05, 0.1) is 18.4 Å². The number of aryl methyl sites for hydroxylation is 3. The standard InChI is InChI=1S/C23H32N8O/c1-18-15-19(2)31(25-18)22-6-7-23(32)30(26-22)14-13-27-9-11-28(12-10-27)17-20-16-24-29-8-4-3-5-21(20)29/h6-7,15-16H,3-5,8-14,17H2,1-2H3. The van der Waals surface area contributed by atoms with E-state index in [2.05, 4.69) is 36.0 Å². The smallest absolute Gasteiger partial charge is 0.266 e. The quantitative estimate of drug-likeness (QED) is 0.581. The van der Waals surface area contributed by atoms with Crippen LogP contribution in [0, 0.1) is 13.8 Å². The van der Waals surface area contributed by atoms with Crippen LogP contribution >= 0.6 is 0 Å². The number of hydrogen-bond acceptors (Lipinski definition) is 6. The highest BCUT2D eigenvalue weighted by Gasteiger charge is 2.21. The summed E-state index contributed by atoms with van der Waals surface area (Å²) >= 11 is 0. The van der Waals surface area contributed by atoms with Crippen LogP contribution in [0.15, 0.2) is 29.2 Å². The molecule has 5 rings (SSSR count). The van der Waals surface area contributed by atoms with Crippen LogP contribution in [0.3, 0.4) is 0 Å². The average molecular weight is 437 g/mol. The highest BCUT2D eigenvalue weighted by Crippen LogP contribution is 2.20. The molecule has 0 unspecified atom stereocenters. The molecule has 1 saturated heterocycles. The van der Waals surface area contributed by atoms with Gasteiger partial charge in [0.2, 0.25) is 0 Å². The lowest BCUT2D eigenvalue weighted by Gasteiger charge is -2.34. The van der Waals surface area contributed by atoms with Crippen LogP contribution in [0.2, 0.25) is 0 Å². The summed E-state index contributed by atoms with van der Waals surface area (Å²) < 4.78 is 5.55. The van der Waals surface area contributed by atoms with Crippen LogP contribution < -0.4 is 5.56 Å². The average Bonchev–Trinajstić information content (AvgIpc) is 3.36. The Morgan fingerprint density at radius 3 is 2.53 bits per heavy atom. The summed E-state index contributed by atoms with van der Waals surface area (Å²) in [5, 5.41) is 13.6. The summed E-state index contributed by atoms with van der Waals surface area (Å²) in [5.41, 5.74) is 4.72. The van der Waals surface area contributed by atoms with Gasteiger partial charge in [-0.2, -0.15) is 10.2 Å². The minimum atomic E-state index is -0.0695. The largest absolute Gasteiger partial charge is 0.299 e. The predicted octanol–water partition coefficient (Wildman–Crippen LogP) is 1.40. The summed E-state index contributed by atoms with van der Waals surface area (Å²) in [6.45, 7) is 11.5. The van der Waals surface area contributed by atoms with E-state index in [1.165, 1.54) is 24.1 Å². The summed E-state index contributed by atoms with van der Waals surface area (Å²) in [6.07, 6.45) is 5.75. The number of rotatable bonds is 6. The normalized spacial score (nSPS) is 17.6. The van der Waals surface area contributed by atoms with Crippen molar-refractivity contribution in [1.82, 2.24) is 39.1 Å². The van der Waals surface area contributed by atoms with Crippen molar-refractivity contribution in [1.29, 1.82) is 0 Å². The maximum absolute atomic E-state index is 12.3. The Kier molecular flexibility index (Phi) is 5.93. The highest BCUT2D eigenvalue weighted by atomic mass is 16.1. The molecular formula is C23H32N8O. The monoisotopic (exact) mass is 436 g/mol. The Bertz CT molecular complexity index is 1140. The first-order valence-electron chi connectivity index (χ1n) is 11.7. The first-order chi connectivity index (χ1) is 15.6. The molecule has 5 heterocycles. The van der Waals surface area contributed by atoms with Crippen molar-refractivity contribution in [2.45, 2.75) is 52.7 Å². The van der Waals surface area contributed by atoms with E-state index >= 15 is 0 Å². The van der Waals surface area contributed by atoms with Crippen molar-refractivity contribution in [3.05, 3.63) is 57.4 Å². The summed E-state index contributed by atoms with van der Waals surface area (Å²) in [4.78, 5) is 17.3. The van der Waals surface area contributed by atoms with E-state index in [1.54, 1.807) is 21.5 Å². The SMILES string of the molecule is Cc1cc(C)n(-c2ccc(=O)n(CCN3CCN(Cc4cnn5c4CCCC5)CC3)n2)n1. The molecule has 32 heavy (non-hydrogen) atoms. The first-order valence-corrected chi connectivity index (χ1v) is 11.7. The second-order valence-electron chi connectivity index (χ2n) is 9.01. The van der Waals surface area contributed by atoms with Gasteiger partial charge in [0.15, 0.2) is 5.82 Å². The van der Waals surface area contributed by atoms with Gasteiger partial charge in [0.25, 0.3) is 5.56 Å². The van der Waals surface area contributed by atoms with E-state index in [9.17, 15) is 4.79 Å². The molecule has 9 heteroatoms. The molecule has 0 spiro atoms. The van der Waals surface area contributed by atoms with E-state index < -0.39 is 0 Å². The van der Waals surface area contributed by atoms with Crippen molar-refractivity contribution in [2.75, 3.05) is 32.7 Å². The minimum absolute atomic E-state index is 0.0695. The molecule has 0 amide bonds. The fourth-order valence-electron chi connectivity index (χ4n) is 4.84. The van der Waals surface area contributed by atoms with Gasteiger partial charge in [-0.1, -0.05) is 0 Å². The topological polar surface area (TPSA) is 77.0 Å². The summed E-state index contributed by atoms with van der Waals surface area (Å²) in [6, 6.07) is 5.34. The zero-order valence-corrected chi connectivity index (χ0v) is 19.1. The number of aromatic nitrogens is 6. The molecule has 3 aromatic heterocycles. The summed E-state index contributed by atoms with van der Waals surface area (Å²) in [7, 11) is 0. The second kappa shape index (κ2) is 8.99. The molecule has 2 aliphatic rings. The van der Waals surface area contributed by atoms with Crippen LogP contribution in [0.25, 0.3) is 5.82 Å². The Morgan fingerprint density at radius 2 is 1.75 bits per heavy atom.